The summed E-state index contributed by atoms with van der Waals surface area (Å²) < 4.78 is 0. The molecule has 2 heteroatoms. The summed E-state index contributed by atoms with van der Waals surface area (Å²) in [4.78, 5) is 0. The molecule has 122 valence electrons. The molecule has 2 N–H and O–H groups in total. The lowest BCUT2D eigenvalue weighted by Crippen LogP contribution is -1.88. The summed E-state index contributed by atoms with van der Waals surface area (Å²) in [5, 5.41) is 24.6. The van der Waals surface area contributed by atoms with Crippen molar-refractivity contribution in [2.45, 2.75) is 0 Å². The van der Waals surface area contributed by atoms with Crippen molar-refractivity contribution < 1.29 is 10.2 Å². The Balaban J connectivity index is 2.20. The summed E-state index contributed by atoms with van der Waals surface area (Å²) in [6, 6.07) is 18.1. The van der Waals surface area contributed by atoms with Gasteiger partial charge >= 0.3 is 0 Å². The van der Waals surface area contributed by atoms with Crippen molar-refractivity contribution in [2.75, 3.05) is 0 Å². The third-order valence-corrected chi connectivity index (χ3v) is 4.58. The molecule has 0 unspecified atom stereocenters. The van der Waals surface area contributed by atoms with Crippen LogP contribution in [0, 0.1) is 24.7 Å². The lowest BCUT2D eigenvalue weighted by atomic mass is 9.91. The molecule has 0 fully saturated rings. The summed E-state index contributed by atoms with van der Waals surface area (Å²) in [5.74, 6) is 5.37. The predicted molar refractivity (Wildman–Crippen MR) is 106 cm³/mol. The third kappa shape index (κ3) is 2.34. The Morgan fingerprint density at radius 2 is 0.962 bits per heavy atom. The lowest BCUT2D eigenvalue weighted by molar-refractivity contribution is 0.470. The Kier molecular flexibility index (Phi) is 3.54. The molecule has 0 saturated carbocycles. The highest BCUT2D eigenvalue weighted by Crippen LogP contribution is 2.44. The van der Waals surface area contributed by atoms with E-state index in [1.165, 1.54) is 0 Å². The van der Waals surface area contributed by atoms with Crippen molar-refractivity contribution in [1.29, 1.82) is 0 Å². The van der Waals surface area contributed by atoms with Crippen molar-refractivity contribution >= 4 is 21.5 Å². The van der Waals surface area contributed by atoms with Crippen LogP contribution >= 0.6 is 0 Å². The molecule has 0 aromatic heterocycles. The van der Waals surface area contributed by atoms with E-state index in [2.05, 4.69) is 11.8 Å². The van der Waals surface area contributed by atoms with Gasteiger partial charge in [0, 0.05) is 22.3 Å². The Morgan fingerprint density at radius 1 is 0.577 bits per heavy atom. The predicted octanol–water partition coefficient (Wildman–Crippen LogP) is 5.03. The van der Waals surface area contributed by atoms with E-state index >= 15 is 0 Å². The van der Waals surface area contributed by atoms with Crippen LogP contribution < -0.4 is 0 Å². The summed E-state index contributed by atoms with van der Waals surface area (Å²) >= 11 is 0. The van der Waals surface area contributed by atoms with E-state index < -0.39 is 0 Å². The highest BCUT2D eigenvalue weighted by Gasteiger charge is 2.17. The fourth-order valence-corrected chi connectivity index (χ4v) is 3.32. The molecule has 0 aliphatic carbocycles. The molecule has 0 amide bonds. The van der Waals surface area contributed by atoms with Gasteiger partial charge in [0.2, 0.25) is 0 Å². The molecule has 4 aromatic rings. The largest absolute Gasteiger partial charge is 0.507 e. The highest BCUT2D eigenvalue weighted by atomic mass is 16.3. The number of phenolic OH excluding ortho intramolecular Hbond substituents is 2. The minimum atomic E-state index is 0.0700. The third-order valence-electron chi connectivity index (χ3n) is 4.58. The van der Waals surface area contributed by atoms with Gasteiger partial charge in [0.1, 0.15) is 11.5 Å². The fraction of sp³-hybridized carbons (Fsp3) is 0. The first-order chi connectivity index (χ1) is 12.6. The second kappa shape index (κ2) is 5.88. The van der Waals surface area contributed by atoms with Crippen LogP contribution in [0.5, 0.6) is 11.5 Å². The maximum absolute atomic E-state index is 10.6. The first-order valence-electron chi connectivity index (χ1n) is 8.07. The summed E-state index contributed by atoms with van der Waals surface area (Å²) in [5.41, 5.74) is 2.48. The van der Waals surface area contributed by atoms with Crippen LogP contribution in [0.25, 0.3) is 32.7 Å². The van der Waals surface area contributed by atoms with Crippen molar-refractivity contribution in [1.82, 2.24) is 0 Å². The van der Waals surface area contributed by atoms with Crippen LogP contribution in [-0.4, -0.2) is 10.2 Å². The zero-order chi connectivity index (χ0) is 18.3. The Labute approximate surface area is 151 Å². The Bertz CT molecular complexity index is 1170. The zero-order valence-electron chi connectivity index (χ0n) is 13.8. The molecule has 0 aliphatic heterocycles. The normalized spacial score (nSPS) is 10.5. The van der Waals surface area contributed by atoms with Gasteiger partial charge in [-0.25, -0.2) is 0 Å². The molecule has 4 aromatic carbocycles. The van der Waals surface area contributed by atoms with Gasteiger partial charge in [-0.2, -0.15) is 0 Å². The van der Waals surface area contributed by atoms with Gasteiger partial charge in [-0.05, 0) is 57.9 Å². The van der Waals surface area contributed by atoms with E-state index in [-0.39, 0.29) is 11.5 Å². The minimum Gasteiger partial charge on any atom is -0.507 e. The molecular formula is C24H14O2. The first kappa shape index (κ1) is 15.6. The Hall–Kier alpha value is -3.88. The van der Waals surface area contributed by atoms with E-state index in [1.54, 1.807) is 12.1 Å². The number of fused-ring (bicyclic) bond motifs is 2. The maximum atomic E-state index is 10.6. The zero-order valence-corrected chi connectivity index (χ0v) is 13.8. The summed E-state index contributed by atoms with van der Waals surface area (Å²) in [6.07, 6.45) is 11.1. The average Bonchev–Trinajstić information content (AvgIpc) is 2.68. The fourth-order valence-electron chi connectivity index (χ4n) is 3.32. The molecule has 0 radical (unpaired) electrons. The molecule has 0 heterocycles. The van der Waals surface area contributed by atoms with E-state index in [9.17, 15) is 10.2 Å². The second-order valence-corrected chi connectivity index (χ2v) is 6.08. The van der Waals surface area contributed by atoms with Gasteiger partial charge in [-0.1, -0.05) is 36.1 Å². The van der Waals surface area contributed by atoms with Gasteiger partial charge in [-0.15, -0.1) is 12.8 Å². The van der Waals surface area contributed by atoms with Crippen LogP contribution in [-0.2, 0) is 0 Å². The number of benzene rings is 4. The topological polar surface area (TPSA) is 40.5 Å². The average molecular weight is 334 g/mol. The quantitative estimate of drug-likeness (QED) is 0.479. The van der Waals surface area contributed by atoms with Gasteiger partial charge in [-0.3, -0.25) is 0 Å². The molecular weight excluding hydrogens is 320 g/mol. The molecule has 26 heavy (non-hydrogen) atoms. The standard InChI is InChI=1S/C24H14O2/c1-3-15-5-7-17-9-11-21(25)23(19(17)13-15)24-20-14-16(4-2)6-8-18(20)10-12-22(24)26/h1-2,5-14,25-26H. The van der Waals surface area contributed by atoms with E-state index in [1.807, 2.05) is 48.5 Å². The number of terminal acetylenes is 2. The molecule has 2 nitrogen and oxygen atoms in total. The molecule has 4 rings (SSSR count). The van der Waals surface area contributed by atoms with Gasteiger partial charge in [0.15, 0.2) is 0 Å². The smallest absolute Gasteiger partial charge is 0.124 e. The van der Waals surface area contributed by atoms with Crippen molar-refractivity contribution in [2.24, 2.45) is 0 Å². The van der Waals surface area contributed by atoms with Gasteiger partial charge < -0.3 is 10.2 Å². The van der Waals surface area contributed by atoms with Crippen molar-refractivity contribution in [3.8, 4) is 47.3 Å². The van der Waals surface area contributed by atoms with Crippen molar-refractivity contribution in [3.05, 3.63) is 71.8 Å². The van der Waals surface area contributed by atoms with E-state index in [0.29, 0.717) is 22.3 Å². The second-order valence-electron chi connectivity index (χ2n) is 6.08. The monoisotopic (exact) mass is 334 g/mol. The van der Waals surface area contributed by atoms with Gasteiger partial charge in [0.25, 0.3) is 0 Å². The number of phenols is 2. The van der Waals surface area contributed by atoms with Crippen LogP contribution in [0.15, 0.2) is 60.7 Å². The van der Waals surface area contributed by atoms with Crippen molar-refractivity contribution in [3.63, 3.8) is 0 Å². The molecule has 0 aliphatic rings. The van der Waals surface area contributed by atoms with Crippen LogP contribution in [0.4, 0.5) is 0 Å². The summed E-state index contributed by atoms with van der Waals surface area (Å²) in [6.45, 7) is 0. The minimum absolute atomic E-state index is 0.0700. The van der Waals surface area contributed by atoms with Gasteiger partial charge in [0.05, 0.1) is 0 Å². The SMILES string of the molecule is C#Cc1ccc2ccc(O)c(-c3c(O)ccc4ccc(C#C)cc34)c2c1. The van der Waals surface area contributed by atoms with Crippen LogP contribution in [0.2, 0.25) is 0 Å². The van der Waals surface area contributed by atoms with Crippen LogP contribution in [0.3, 0.4) is 0 Å². The highest BCUT2D eigenvalue weighted by molar-refractivity contribution is 6.10. The maximum Gasteiger partial charge on any atom is 0.124 e. The number of rotatable bonds is 1. The number of hydrogen-bond acceptors (Lipinski definition) is 2. The molecule has 0 spiro atoms. The number of aromatic hydroxyl groups is 2. The summed E-state index contributed by atoms with van der Waals surface area (Å²) in [7, 11) is 0. The van der Waals surface area contributed by atoms with E-state index in [4.69, 9.17) is 12.8 Å². The van der Waals surface area contributed by atoms with Crippen LogP contribution in [0.1, 0.15) is 11.1 Å². The first-order valence-corrected chi connectivity index (χ1v) is 8.07. The van der Waals surface area contributed by atoms with E-state index in [0.717, 1.165) is 21.5 Å². The molecule has 0 saturated heterocycles. The Morgan fingerprint density at radius 3 is 1.35 bits per heavy atom. The molecule has 0 bridgehead atoms. The molecule has 0 atom stereocenters. The lowest BCUT2D eigenvalue weighted by Gasteiger charge is -2.14. The number of hydrogen-bond donors (Lipinski definition) is 2.